The van der Waals surface area contributed by atoms with E-state index in [1.54, 1.807) is 24.3 Å². The second-order valence-corrected chi connectivity index (χ2v) is 5.93. The summed E-state index contributed by atoms with van der Waals surface area (Å²) in [6, 6.07) is 9.20. The standard InChI is InChI=1S/C17H9BrFNO4/c18-12-7-15-14(22-8-23-15)6-10(12)5-13-17(21)24-16(20-13)9-2-1-3-11(19)4-9/h1-7H,8H2/b13-5+. The van der Waals surface area contributed by atoms with Gasteiger partial charge in [0.05, 0.1) is 0 Å². The molecule has 120 valence electrons. The lowest BCUT2D eigenvalue weighted by atomic mass is 10.1. The number of carbonyl (C=O) groups is 1. The van der Waals surface area contributed by atoms with Gasteiger partial charge >= 0.3 is 5.97 Å². The quantitative estimate of drug-likeness (QED) is 0.580. The number of aliphatic imine (C=N–C) groups is 1. The van der Waals surface area contributed by atoms with Crippen LogP contribution in [0.4, 0.5) is 4.39 Å². The monoisotopic (exact) mass is 389 g/mol. The van der Waals surface area contributed by atoms with Gasteiger partial charge in [-0.3, -0.25) is 0 Å². The molecule has 0 radical (unpaired) electrons. The zero-order chi connectivity index (χ0) is 16.7. The van der Waals surface area contributed by atoms with Gasteiger partial charge < -0.3 is 14.2 Å². The van der Waals surface area contributed by atoms with Crippen LogP contribution in [0.25, 0.3) is 6.08 Å². The predicted octanol–water partition coefficient (Wildman–Crippen LogP) is 3.66. The molecule has 7 heteroatoms. The number of halogens is 2. The second-order valence-electron chi connectivity index (χ2n) is 5.07. The Morgan fingerprint density at radius 3 is 2.75 bits per heavy atom. The molecule has 0 aromatic heterocycles. The third kappa shape index (κ3) is 2.67. The van der Waals surface area contributed by atoms with Crippen molar-refractivity contribution in [2.24, 2.45) is 4.99 Å². The minimum absolute atomic E-state index is 0.0719. The fourth-order valence-corrected chi connectivity index (χ4v) is 2.78. The van der Waals surface area contributed by atoms with Crippen molar-refractivity contribution in [3.63, 3.8) is 0 Å². The van der Waals surface area contributed by atoms with E-state index in [1.807, 2.05) is 0 Å². The fraction of sp³-hybridized carbons (Fsp3) is 0.0588. The van der Waals surface area contributed by atoms with E-state index in [0.29, 0.717) is 22.6 Å². The van der Waals surface area contributed by atoms with Crippen molar-refractivity contribution in [3.05, 3.63) is 63.5 Å². The Morgan fingerprint density at radius 1 is 1.17 bits per heavy atom. The molecule has 0 unspecified atom stereocenters. The first-order valence-electron chi connectivity index (χ1n) is 6.98. The smallest absolute Gasteiger partial charge is 0.363 e. The van der Waals surface area contributed by atoms with Crippen LogP contribution in [0.15, 0.2) is 51.6 Å². The van der Waals surface area contributed by atoms with Gasteiger partial charge in [-0.25, -0.2) is 14.2 Å². The van der Waals surface area contributed by atoms with Crippen molar-refractivity contribution >= 4 is 33.9 Å². The van der Waals surface area contributed by atoms with Crippen LogP contribution in [0.5, 0.6) is 11.5 Å². The van der Waals surface area contributed by atoms with Gasteiger partial charge in [-0.1, -0.05) is 22.0 Å². The Kier molecular flexibility index (Phi) is 3.57. The largest absolute Gasteiger partial charge is 0.454 e. The number of carbonyl (C=O) groups excluding carboxylic acids is 1. The van der Waals surface area contributed by atoms with Crippen molar-refractivity contribution in [1.29, 1.82) is 0 Å². The van der Waals surface area contributed by atoms with Crippen LogP contribution in [0.3, 0.4) is 0 Å². The molecule has 2 aliphatic heterocycles. The summed E-state index contributed by atoms with van der Waals surface area (Å²) < 4.78 is 29.8. The van der Waals surface area contributed by atoms with Crippen LogP contribution in [0.1, 0.15) is 11.1 Å². The normalized spacial score (nSPS) is 17.2. The Bertz CT molecular complexity index is 923. The predicted molar refractivity (Wildman–Crippen MR) is 87.3 cm³/mol. The van der Waals surface area contributed by atoms with E-state index in [1.165, 1.54) is 18.2 Å². The molecule has 2 aromatic carbocycles. The highest BCUT2D eigenvalue weighted by Gasteiger charge is 2.25. The van der Waals surface area contributed by atoms with Crippen LogP contribution in [-0.4, -0.2) is 18.7 Å². The molecule has 0 fully saturated rings. The fourth-order valence-electron chi connectivity index (χ4n) is 2.34. The minimum Gasteiger partial charge on any atom is -0.454 e. The summed E-state index contributed by atoms with van der Waals surface area (Å²) in [5.74, 6) is 0.261. The summed E-state index contributed by atoms with van der Waals surface area (Å²) in [5.41, 5.74) is 1.21. The topological polar surface area (TPSA) is 57.1 Å². The van der Waals surface area contributed by atoms with Crippen molar-refractivity contribution in [2.75, 3.05) is 6.79 Å². The van der Waals surface area contributed by atoms with E-state index in [9.17, 15) is 9.18 Å². The maximum Gasteiger partial charge on any atom is 0.363 e. The number of rotatable bonds is 2. The molecule has 0 amide bonds. The molecule has 2 aromatic rings. The molecule has 0 bridgehead atoms. The average molecular weight is 390 g/mol. The zero-order valence-electron chi connectivity index (χ0n) is 12.1. The van der Waals surface area contributed by atoms with Crippen LogP contribution >= 0.6 is 15.9 Å². The molecule has 0 spiro atoms. The van der Waals surface area contributed by atoms with Gasteiger partial charge in [0.25, 0.3) is 0 Å². The van der Waals surface area contributed by atoms with E-state index >= 15 is 0 Å². The molecular weight excluding hydrogens is 381 g/mol. The first kappa shape index (κ1) is 14.9. The van der Waals surface area contributed by atoms with E-state index in [0.717, 1.165) is 4.47 Å². The number of ether oxygens (including phenoxy) is 3. The lowest BCUT2D eigenvalue weighted by molar-refractivity contribution is -0.129. The highest BCUT2D eigenvalue weighted by Crippen LogP contribution is 2.38. The minimum atomic E-state index is -0.598. The molecule has 4 rings (SSSR count). The second kappa shape index (κ2) is 5.76. The lowest BCUT2D eigenvalue weighted by Gasteiger charge is -2.02. The van der Waals surface area contributed by atoms with E-state index in [-0.39, 0.29) is 18.4 Å². The summed E-state index contributed by atoms with van der Waals surface area (Å²) in [7, 11) is 0. The molecule has 2 aliphatic rings. The van der Waals surface area contributed by atoms with Crippen LogP contribution < -0.4 is 9.47 Å². The maximum atomic E-state index is 13.3. The molecule has 0 atom stereocenters. The highest BCUT2D eigenvalue weighted by atomic mass is 79.9. The summed E-state index contributed by atoms with van der Waals surface area (Å²) in [5, 5.41) is 0. The van der Waals surface area contributed by atoms with Crippen molar-refractivity contribution in [2.45, 2.75) is 0 Å². The van der Waals surface area contributed by atoms with Gasteiger partial charge in [-0.2, -0.15) is 0 Å². The summed E-state index contributed by atoms with van der Waals surface area (Å²) in [4.78, 5) is 16.2. The van der Waals surface area contributed by atoms with Crippen molar-refractivity contribution in [3.8, 4) is 11.5 Å². The van der Waals surface area contributed by atoms with Crippen molar-refractivity contribution in [1.82, 2.24) is 0 Å². The highest BCUT2D eigenvalue weighted by molar-refractivity contribution is 9.10. The average Bonchev–Trinajstić information content (AvgIpc) is 3.14. The van der Waals surface area contributed by atoms with Crippen LogP contribution in [0, 0.1) is 5.82 Å². The van der Waals surface area contributed by atoms with Gasteiger partial charge in [-0.15, -0.1) is 0 Å². The summed E-state index contributed by atoms with van der Waals surface area (Å²) in [6.07, 6.45) is 1.57. The van der Waals surface area contributed by atoms with Crippen LogP contribution in [-0.2, 0) is 9.53 Å². The molecule has 24 heavy (non-hydrogen) atoms. The van der Waals surface area contributed by atoms with E-state index < -0.39 is 11.8 Å². The summed E-state index contributed by atoms with van der Waals surface area (Å²) >= 11 is 3.42. The molecule has 2 heterocycles. The number of hydrogen-bond donors (Lipinski definition) is 0. The van der Waals surface area contributed by atoms with Crippen molar-refractivity contribution < 1.29 is 23.4 Å². The third-order valence-corrected chi connectivity index (χ3v) is 4.16. The van der Waals surface area contributed by atoms with Gasteiger partial charge in [0.15, 0.2) is 17.2 Å². The Labute approximate surface area is 144 Å². The number of nitrogens with zero attached hydrogens (tertiary/aromatic N) is 1. The van der Waals surface area contributed by atoms with Gasteiger partial charge in [0.1, 0.15) is 5.82 Å². The molecule has 5 nitrogen and oxygen atoms in total. The van der Waals surface area contributed by atoms with E-state index in [4.69, 9.17) is 14.2 Å². The third-order valence-electron chi connectivity index (χ3n) is 3.48. The number of hydrogen-bond acceptors (Lipinski definition) is 5. The number of benzene rings is 2. The molecule has 0 saturated carbocycles. The first-order valence-corrected chi connectivity index (χ1v) is 7.77. The molecule has 0 aliphatic carbocycles. The number of esters is 1. The first-order chi connectivity index (χ1) is 11.6. The van der Waals surface area contributed by atoms with Gasteiger partial charge in [0, 0.05) is 10.0 Å². The Balaban J connectivity index is 1.71. The number of cyclic esters (lactones) is 1. The molecular formula is C17H9BrFNO4. The van der Waals surface area contributed by atoms with Crippen LogP contribution in [0.2, 0.25) is 0 Å². The SMILES string of the molecule is O=C1OC(c2cccc(F)c2)=N/C1=C/c1cc2c(cc1Br)OCO2. The molecule has 0 N–H and O–H groups in total. The lowest BCUT2D eigenvalue weighted by Crippen LogP contribution is -2.05. The zero-order valence-corrected chi connectivity index (χ0v) is 13.7. The number of fused-ring (bicyclic) bond motifs is 1. The summed E-state index contributed by atoms with van der Waals surface area (Å²) in [6.45, 7) is 0.158. The van der Waals surface area contributed by atoms with Gasteiger partial charge in [0.2, 0.25) is 12.7 Å². The van der Waals surface area contributed by atoms with E-state index in [2.05, 4.69) is 20.9 Å². The van der Waals surface area contributed by atoms with Gasteiger partial charge in [-0.05, 0) is 42.0 Å². The Morgan fingerprint density at radius 2 is 1.96 bits per heavy atom. The Hall–Kier alpha value is -2.67. The molecule has 0 saturated heterocycles. The maximum absolute atomic E-state index is 13.3.